The molecule has 2 aromatic rings. The lowest BCUT2D eigenvalue weighted by atomic mass is 9.68. The van der Waals surface area contributed by atoms with E-state index in [1.165, 1.54) is 23.5 Å². The number of halogens is 1. The zero-order chi connectivity index (χ0) is 22.3. The molecule has 0 spiro atoms. The molecule has 1 aromatic heterocycles. The first-order valence-electron chi connectivity index (χ1n) is 9.93. The predicted octanol–water partition coefficient (Wildman–Crippen LogP) is 4.73. The van der Waals surface area contributed by atoms with E-state index in [2.05, 4.69) is 16.3 Å². The van der Waals surface area contributed by atoms with Crippen LogP contribution in [0.2, 0.25) is 0 Å². The molecule has 0 fully saturated rings. The number of benzene rings is 1. The summed E-state index contributed by atoms with van der Waals surface area (Å²) >= 11 is 2.94. The fourth-order valence-electron chi connectivity index (χ4n) is 4.22. The zero-order valence-corrected chi connectivity index (χ0v) is 19.1. The number of rotatable bonds is 4. The van der Waals surface area contributed by atoms with Gasteiger partial charge in [0.25, 0.3) is 0 Å². The highest BCUT2D eigenvalue weighted by molar-refractivity contribution is 8.01. The number of ketones is 1. The number of carbonyl (C=O) groups excluding carboxylic acids is 1. The second-order valence-corrected chi connectivity index (χ2v) is 10.8. The first-order valence-corrected chi connectivity index (χ1v) is 11.7. The number of allylic oxidation sites excluding steroid dienone is 3. The molecule has 160 valence electrons. The van der Waals surface area contributed by atoms with Crippen molar-refractivity contribution in [2.75, 3.05) is 10.7 Å². The molecule has 2 heterocycles. The Bertz CT molecular complexity index is 1160. The number of nitriles is 1. The number of nitrogens with two attached hydrogens (primary N) is 1. The fraction of sp³-hybridized carbons (Fsp3) is 0.364. The summed E-state index contributed by atoms with van der Waals surface area (Å²) in [5.74, 6) is -0.117. The van der Waals surface area contributed by atoms with Gasteiger partial charge in [0.1, 0.15) is 11.6 Å². The minimum atomic E-state index is -0.701. The molecule has 9 heteroatoms. The van der Waals surface area contributed by atoms with Crippen molar-refractivity contribution in [2.24, 2.45) is 11.1 Å². The minimum Gasteiger partial charge on any atom is -0.384 e. The van der Waals surface area contributed by atoms with E-state index < -0.39 is 11.7 Å². The Morgan fingerprint density at radius 2 is 2.16 bits per heavy atom. The number of Topliss-reactive ketones (excluding diaryl/α,β-unsaturated/α-hetero) is 1. The second kappa shape index (κ2) is 8.09. The average molecular weight is 456 g/mol. The minimum absolute atomic E-state index is 0.0570. The molecule has 0 saturated carbocycles. The highest BCUT2D eigenvalue weighted by Crippen LogP contribution is 2.50. The van der Waals surface area contributed by atoms with Crippen LogP contribution in [0.25, 0.3) is 0 Å². The van der Waals surface area contributed by atoms with Crippen LogP contribution in [-0.2, 0) is 4.79 Å². The van der Waals surface area contributed by atoms with Crippen LogP contribution in [0.5, 0.6) is 0 Å². The molecular formula is C22H22FN5OS2. The van der Waals surface area contributed by atoms with Crippen molar-refractivity contribution in [3.05, 3.63) is 58.3 Å². The summed E-state index contributed by atoms with van der Waals surface area (Å²) in [6.07, 6.45) is 0.923. The third-order valence-electron chi connectivity index (χ3n) is 5.42. The van der Waals surface area contributed by atoms with Crippen molar-refractivity contribution in [1.82, 2.24) is 10.2 Å². The first-order chi connectivity index (χ1) is 14.8. The van der Waals surface area contributed by atoms with E-state index in [4.69, 9.17) is 5.73 Å². The van der Waals surface area contributed by atoms with Crippen LogP contribution in [0.3, 0.4) is 0 Å². The average Bonchev–Trinajstić information content (AvgIpc) is 3.14. The van der Waals surface area contributed by atoms with Gasteiger partial charge >= 0.3 is 0 Å². The molecule has 1 aromatic carbocycles. The number of hydrogen-bond donors (Lipinski definition) is 1. The van der Waals surface area contributed by atoms with Crippen molar-refractivity contribution < 1.29 is 9.18 Å². The maximum absolute atomic E-state index is 14.1. The number of thioether (sulfide) groups is 1. The van der Waals surface area contributed by atoms with Gasteiger partial charge in [-0.05, 0) is 35.3 Å². The Morgan fingerprint density at radius 1 is 1.39 bits per heavy atom. The zero-order valence-electron chi connectivity index (χ0n) is 17.5. The van der Waals surface area contributed by atoms with E-state index in [1.54, 1.807) is 28.8 Å². The molecule has 0 amide bonds. The predicted molar refractivity (Wildman–Crippen MR) is 120 cm³/mol. The van der Waals surface area contributed by atoms with Gasteiger partial charge in [0.15, 0.2) is 10.1 Å². The molecule has 1 atom stereocenters. The van der Waals surface area contributed by atoms with Crippen LogP contribution in [0, 0.1) is 22.6 Å². The fourth-order valence-corrected chi connectivity index (χ4v) is 6.00. The molecular weight excluding hydrogens is 433 g/mol. The molecule has 4 rings (SSSR count). The molecule has 0 saturated heterocycles. The molecule has 1 aliphatic heterocycles. The van der Waals surface area contributed by atoms with Gasteiger partial charge in [0, 0.05) is 17.7 Å². The lowest BCUT2D eigenvalue weighted by Crippen LogP contribution is -2.42. The normalized spacial score (nSPS) is 20.7. The molecule has 1 aliphatic carbocycles. The lowest BCUT2D eigenvalue weighted by Gasteiger charge is -2.42. The molecule has 6 nitrogen and oxygen atoms in total. The van der Waals surface area contributed by atoms with Gasteiger partial charge in [-0.1, -0.05) is 56.0 Å². The Morgan fingerprint density at radius 3 is 2.84 bits per heavy atom. The molecule has 0 bridgehead atoms. The van der Waals surface area contributed by atoms with Gasteiger partial charge in [-0.2, -0.15) is 5.26 Å². The van der Waals surface area contributed by atoms with Crippen LogP contribution in [0.4, 0.5) is 9.52 Å². The quantitative estimate of drug-likeness (QED) is 0.666. The lowest BCUT2D eigenvalue weighted by molar-refractivity contribution is -0.118. The smallest absolute Gasteiger partial charge is 0.219 e. The van der Waals surface area contributed by atoms with Crippen LogP contribution < -0.4 is 10.6 Å². The van der Waals surface area contributed by atoms with E-state index in [9.17, 15) is 14.4 Å². The van der Waals surface area contributed by atoms with E-state index in [0.29, 0.717) is 29.1 Å². The summed E-state index contributed by atoms with van der Waals surface area (Å²) in [7, 11) is 0. The Balaban J connectivity index is 1.95. The van der Waals surface area contributed by atoms with Crippen molar-refractivity contribution in [1.29, 1.82) is 5.26 Å². The van der Waals surface area contributed by atoms with Crippen molar-refractivity contribution in [3.8, 4) is 6.07 Å². The number of carbonyl (C=O) groups is 1. The third-order valence-corrected chi connectivity index (χ3v) is 7.34. The monoisotopic (exact) mass is 455 g/mol. The second-order valence-electron chi connectivity index (χ2n) is 8.32. The van der Waals surface area contributed by atoms with E-state index in [0.717, 1.165) is 15.8 Å². The van der Waals surface area contributed by atoms with Crippen LogP contribution >= 0.6 is 23.1 Å². The largest absolute Gasteiger partial charge is 0.384 e. The summed E-state index contributed by atoms with van der Waals surface area (Å²) in [6.45, 7) is 6.09. The third kappa shape index (κ3) is 3.86. The first kappa shape index (κ1) is 21.5. The van der Waals surface area contributed by atoms with E-state index in [1.807, 2.05) is 20.8 Å². The van der Waals surface area contributed by atoms with Crippen LogP contribution in [-0.4, -0.2) is 21.7 Å². The molecule has 1 unspecified atom stereocenters. The molecule has 31 heavy (non-hydrogen) atoms. The highest BCUT2D eigenvalue weighted by Gasteiger charge is 2.45. The Hall–Kier alpha value is -2.70. The van der Waals surface area contributed by atoms with Crippen molar-refractivity contribution in [3.63, 3.8) is 0 Å². The number of nitrogens with zero attached hydrogens (tertiary/aromatic N) is 4. The van der Waals surface area contributed by atoms with Gasteiger partial charge in [0.2, 0.25) is 5.13 Å². The van der Waals surface area contributed by atoms with Gasteiger partial charge in [0.05, 0.1) is 17.6 Å². The summed E-state index contributed by atoms with van der Waals surface area (Å²) in [6, 6.07) is 8.20. The SMILES string of the molecule is CCSc1nnc(N2C(N)=C(C#N)C(c3cccc(F)c3)C3=C2CC(C)(C)CC3=O)s1. The standard InChI is InChI=1S/C22H22FN5OS2/c1-4-30-21-27-26-20(31-21)28-15-9-22(2,3)10-16(29)18(15)17(14(11-24)19(28)25)12-6-5-7-13(23)8-12/h5-8,17H,4,9-10,25H2,1-3H3. The van der Waals surface area contributed by atoms with Crippen LogP contribution in [0.15, 0.2) is 51.3 Å². The number of anilines is 1. The number of hydrogen-bond acceptors (Lipinski definition) is 8. The van der Waals surface area contributed by atoms with E-state index >= 15 is 0 Å². The molecule has 0 radical (unpaired) electrons. The maximum atomic E-state index is 14.1. The van der Waals surface area contributed by atoms with Gasteiger partial charge in [-0.25, -0.2) is 4.39 Å². The van der Waals surface area contributed by atoms with Crippen LogP contribution in [0.1, 0.15) is 45.1 Å². The van der Waals surface area contributed by atoms with Crippen molar-refractivity contribution in [2.45, 2.75) is 43.9 Å². The topological polar surface area (TPSA) is 95.9 Å². The van der Waals surface area contributed by atoms with Gasteiger partial charge in [-0.3, -0.25) is 9.69 Å². The maximum Gasteiger partial charge on any atom is 0.219 e. The summed E-state index contributed by atoms with van der Waals surface area (Å²) in [5, 5.41) is 19.1. The van der Waals surface area contributed by atoms with Gasteiger partial charge in [-0.15, -0.1) is 10.2 Å². The van der Waals surface area contributed by atoms with Crippen molar-refractivity contribution >= 4 is 34.0 Å². The summed E-state index contributed by atoms with van der Waals surface area (Å²) in [4.78, 5) is 15.1. The molecule has 2 N–H and O–H groups in total. The Labute approximate surface area is 188 Å². The summed E-state index contributed by atoms with van der Waals surface area (Å²) < 4.78 is 14.8. The summed E-state index contributed by atoms with van der Waals surface area (Å²) in [5.41, 5.74) is 8.23. The van der Waals surface area contributed by atoms with E-state index in [-0.39, 0.29) is 22.6 Å². The Kier molecular flexibility index (Phi) is 5.62. The molecule has 2 aliphatic rings. The highest BCUT2D eigenvalue weighted by atomic mass is 32.2. The number of aromatic nitrogens is 2. The van der Waals surface area contributed by atoms with Gasteiger partial charge < -0.3 is 5.73 Å².